The van der Waals surface area contributed by atoms with Crippen molar-refractivity contribution in [3.63, 3.8) is 0 Å². The maximum absolute atomic E-state index is 14.4. The summed E-state index contributed by atoms with van der Waals surface area (Å²) in [6.07, 6.45) is 10.0. The summed E-state index contributed by atoms with van der Waals surface area (Å²) in [6.45, 7) is 1.88. The molecule has 0 bridgehead atoms. The summed E-state index contributed by atoms with van der Waals surface area (Å²) in [5.41, 5.74) is 7.67. The molecule has 6 heteroatoms. The van der Waals surface area contributed by atoms with Gasteiger partial charge in [-0.1, -0.05) is 43.5 Å². The predicted octanol–water partition coefficient (Wildman–Crippen LogP) is 5.37. The Bertz CT molecular complexity index is 1070. The smallest absolute Gasteiger partial charge is 0.238 e. The van der Waals surface area contributed by atoms with Crippen molar-refractivity contribution in [2.24, 2.45) is 10.8 Å². The Labute approximate surface area is 208 Å². The minimum absolute atomic E-state index is 0.0340. The first kappa shape index (κ1) is 23.9. The number of para-hydroxylation sites is 3. The number of nitrogens with one attached hydrogen (secondary N) is 3. The molecule has 6 nitrogen and oxygen atoms in total. The average molecular weight is 475 g/mol. The van der Waals surface area contributed by atoms with Crippen LogP contribution in [0.5, 0.6) is 0 Å². The van der Waals surface area contributed by atoms with Crippen molar-refractivity contribution in [3.8, 4) is 0 Å². The zero-order chi connectivity index (χ0) is 24.3. The number of nitrogens with two attached hydrogens (primary N) is 1. The van der Waals surface area contributed by atoms with E-state index in [4.69, 9.17) is 5.73 Å². The number of hydrogen-bond acceptors (Lipinski definition) is 5. The number of hydrogen-bond donors (Lipinski definition) is 4. The van der Waals surface area contributed by atoms with Crippen LogP contribution in [0.3, 0.4) is 0 Å². The lowest BCUT2D eigenvalue weighted by Crippen LogP contribution is -2.44. The van der Waals surface area contributed by atoms with E-state index >= 15 is 0 Å². The Morgan fingerprint density at radius 2 is 1.54 bits per heavy atom. The molecule has 1 amide bonds. The number of piperidine rings is 1. The molecule has 1 heterocycles. The van der Waals surface area contributed by atoms with Gasteiger partial charge in [0.15, 0.2) is 5.78 Å². The lowest BCUT2D eigenvalue weighted by Gasteiger charge is -2.36. The molecule has 1 saturated heterocycles. The molecular weight excluding hydrogens is 436 g/mol. The first-order valence-electron chi connectivity index (χ1n) is 13.3. The van der Waals surface area contributed by atoms with Gasteiger partial charge in [-0.2, -0.15) is 0 Å². The third-order valence-corrected chi connectivity index (χ3v) is 8.64. The van der Waals surface area contributed by atoms with Crippen molar-refractivity contribution in [1.29, 1.82) is 0 Å². The maximum atomic E-state index is 14.4. The summed E-state index contributed by atoms with van der Waals surface area (Å²) in [5.74, 6) is -0.276. The summed E-state index contributed by atoms with van der Waals surface area (Å²) >= 11 is 0. The van der Waals surface area contributed by atoms with Crippen molar-refractivity contribution >= 4 is 28.8 Å². The zero-order valence-electron chi connectivity index (χ0n) is 20.6. The Morgan fingerprint density at radius 3 is 2.29 bits per heavy atom. The van der Waals surface area contributed by atoms with E-state index in [1.54, 1.807) is 12.1 Å². The van der Waals surface area contributed by atoms with Gasteiger partial charge >= 0.3 is 0 Å². The van der Waals surface area contributed by atoms with E-state index in [2.05, 4.69) is 16.0 Å². The van der Waals surface area contributed by atoms with Crippen LogP contribution in [0.25, 0.3) is 0 Å². The quantitative estimate of drug-likeness (QED) is 0.256. The molecule has 2 aromatic rings. The van der Waals surface area contributed by atoms with Gasteiger partial charge < -0.3 is 21.7 Å². The highest BCUT2D eigenvalue weighted by atomic mass is 16.2. The molecule has 3 aliphatic rings. The second-order valence-electron chi connectivity index (χ2n) is 10.9. The van der Waals surface area contributed by atoms with Gasteiger partial charge in [-0.05, 0) is 87.7 Å². The molecule has 35 heavy (non-hydrogen) atoms. The van der Waals surface area contributed by atoms with Crippen molar-refractivity contribution in [3.05, 3.63) is 54.1 Å². The molecule has 0 aromatic heterocycles. The highest BCUT2D eigenvalue weighted by Gasteiger charge is 2.57. The van der Waals surface area contributed by atoms with Crippen LogP contribution in [0.4, 0.5) is 17.1 Å². The first-order valence-corrected chi connectivity index (χ1v) is 13.3. The van der Waals surface area contributed by atoms with E-state index in [9.17, 15) is 9.59 Å². The number of rotatable bonds is 6. The number of nitrogen functional groups attached to an aromatic ring is 1. The number of Topliss-reactive ketones (excluding diaryl/α,β-unsaturated/α-hetero) is 1. The van der Waals surface area contributed by atoms with Gasteiger partial charge in [0.25, 0.3) is 0 Å². The zero-order valence-corrected chi connectivity index (χ0v) is 20.6. The van der Waals surface area contributed by atoms with Crippen LogP contribution in [-0.4, -0.2) is 30.8 Å². The van der Waals surface area contributed by atoms with Crippen LogP contribution in [0.1, 0.15) is 74.6 Å². The summed E-state index contributed by atoms with van der Waals surface area (Å²) in [4.78, 5) is 28.4. The number of ketones is 1. The molecule has 2 aromatic carbocycles. The van der Waals surface area contributed by atoms with Gasteiger partial charge in [0.1, 0.15) is 5.41 Å². The van der Waals surface area contributed by atoms with E-state index in [1.165, 1.54) is 19.3 Å². The molecule has 1 atom stereocenters. The maximum Gasteiger partial charge on any atom is 0.238 e. The SMILES string of the molecule is Nc1ccccc1NC(=O)C1(C(=O)c2ccccc2NC2CCCCC2)CCC2(CCNCC2)C1. The summed E-state index contributed by atoms with van der Waals surface area (Å²) in [7, 11) is 0. The van der Waals surface area contributed by atoms with E-state index in [1.807, 2.05) is 36.4 Å². The third kappa shape index (κ3) is 4.81. The molecule has 186 valence electrons. The van der Waals surface area contributed by atoms with Crippen molar-refractivity contribution < 1.29 is 9.59 Å². The van der Waals surface area contributed by atoms with E-state index < -0.39 is 5.41 Å². The van der Waals surface area contributed by atoms with Crippen molar-refractivity contribution in [2.75, 3.05) is 29.5 Å². The number of carbonyl (C=O) groups excluding carboxylic acids is 2. The minimum Gasteiger partial charge on any atom is -0.397 e. The van der Waals surface area contributed by atoms with Crippen LogP contribution < -0.4 is 21.7 Å². The fourth-order valence-corrected chi connectivity index (χ4v) is 6.55. The second-order valence-corrected chi connectivity index (χ2v) is 10.9. The topological polar surface area (TPSA) is 96.2 Å². The fraction of sp³-hybridized carbons (Fsp3) is 0.517. The van der Waals surface area contributed by atoms with Crippen LogP contribution in [0.15, 0.2) is 48.5 Å². The van der Waals surface area contributed by atoms with Gasteiger partial charge in [-0.3, -0.25) is 9.59 Å². The summed E-state index contributed by atoms with van der Waals surface area (Å²) in [6, 6.07) is 15.4. The van der Waals surface area contributed by atoms with Crippen LogP contribution in [-0.2, 0) is 4.79 Å². The van der Waals surface area contributed by atoms with Gasteiger partial charge in [-0.25, -0.2) is 0 Å². The molecule has 0 radical (unpaired) electrons. The van der Waals surface area contributed by atoms with Gasteiger partial charge in [-0.15, -0.1) is 0 Å². The Kier molecular flexibility index (Phi) is 6.83. The largest absolute Gasteiger partial charge is 0.397 e. The summed E-state index contributed by atoms with van der Waals surface area (Å²) in [5, 5.41) is 10.1. The summed E-state index contributed by atoms with van der Waals surface area (Å²) < 4.78 is 0. The highest BCUT2D eigenvalue weighted by molar-refractivity contribution is 6.19. The van der Waals surface area contributed by atoms with Gasteiger partial charge in [0.2, 0.25) is 5.91 Å². The first-order chi connectivity index (χ1) is 17.0. The van der Waals surface area contributed by atoms with Crippen LogP contribution >= 0.6 is 0 Å². The lowest BCUT2D eigenvalue weighted by molar-refractivity contribution is -0.123. The van der Waals surface area contributed by atoms with E-state index in [0.717, 1.165) is 50.9 Å². The molecule has 5 rings (SSSR count). The van der Waals surface area contributed by atoms with Crippen LogP contribution in [0, 0.1) is 10.8 Å². The molecular formula is C29H38N4O2. The van der Waals surface area contributed by atoms with E-state index in [-0.39, 0.29) is 17.1 Å². The molecule has 1 spiro atoms. The molecule has 1 unspecified atom stereocenters. The molecule has 3 fully saturated rings. The molecule has 2 saturated carbocycles. The van der Waals surface area contributed by atoms with Gasteiger partial charge in [0.05, 0.1) is 11.4 Å². The Hall–Kier alpha value is -2.86. The molecule has 1 aliphatic heterocycles. The Balaban J connectivity index is 1.48. The normalized spacial score (nSPS) is 24.2. The third-order valence-electron chi connectivity index (χ3n) is 8.64. The number of amides is 1. The standard InChI is InChI=1S/C29H38N4O2/c30-23-11-5-7-13-25(23)33-27(35)29(15-14-28(20-29)16-18-31-19-17-28)26(34)22-10-4-6-12-24(22)32-21-8-2-1-3-9-21/h4-7,10-13,21,31-32H,1-3,8-9,14-20,30H2,(H,33,35). The average Bonchev–Trinajstić information content (AvgIpc) is 3.26. The molecule has 2 aliphatic carbocycles. The minimum atomic E-state index is -1.09. The molecule has 5 N–H and O–H groups in total. The number of carbonyl (C=O) groups is 2. The second kappa shape index (κ2) is 10.0. The van der Waals surface area contributed by atoms with E-state index in [0.29, 0.717) is 35.8 Å². The monoisotopic (exact) mass is 474 g/mol. The Morgan fingerprint density at radius 1 is 0.857 bits per heavy atom. The van der Waals surface area contributed by atoms with Gasteiger partial charge in [0, 0.05) is 17.3 Å². The van der Waals surface area contributed by atoms with Crippen molar-refractivity contribution in [2.45, 2.75) is 70.3 Å². The lowest BCUT2D eigenvalue weighted by atomic mass is 9.71. The fourth-order valence-electron chi connectivity index (χ4n) is 6.55. The predicted molar refractivity (Wildman–Crippen MR) is 142 cm³/mol. The highest BCUT2D eigenvalue weighted by Crippen LogP contribution is 2.56. The number of anilines is 3. The van der Waals surface area contributed by atoms with Crippen molar-refractivity contribution in [1.82, 2.24) is 5.32 Å². The number of benzene rings is 2. The van der Waals surface area contributed by atoms with Crippen LogP contribution in [0.2, 0.25) is 0 Å².